The summed E-state index contributed by atoms with van der Waals surface area (Å²) in [6, 6.07) is 0.550. The van der Waals surface area contributed by atoms with Crippen LogP contribution in [0, 0.1) is 0 Å². The molecule has 2 N–H and O–H groups in total. The minimum absolute atomic E-state index is 0.00414. The van der Waals surface area contributed by atoms with Crippen molar-refractivity contribution in [2.45, 2.75) is 45.2 Å². The van der Waals surface area contributed by atoms with Gasteiger partial charge in [0, 0.05) is 19.7 Å². The third kappa shape index (κ3) is 2.94. The van der Waals surface area contributed by atoms with Gasteiger partial charge in [-0.05, 0) is 26.8 Å². The quantitative estimate of drug-likeness (QED) is 0.679. The van der Waals surface area contributed by atoms with E-state index in [4.69, 9.17) is 10.5 Å². The summed E-state index contributed by atoms with van der Waals surface area (Å²) in [7, 11) is 3.88. The maximum atomic E-state index is 5.88. The number of hydrogen-bond acceptors (Lipinski definition) is 3. The molecule has 0 heterocycles. The van der Waals surface area contributed by atoms with Crippen LogP contribution in [0.3, 0.4) is 0 Å². The molecule has 0 saturated carbocycles. The van der Waals surface area contributed by atoms with Gasteiger partial charge in [-0.25, -0.2) is 0 Å². The fourth-order valence-electron chi connectivity index (χ4n) is 1.81. The summed E-state index contributed by atoms with van der Waals surface area (Å²) in [6.45, 7) is 7.96. The number of hydrogen-bond donors (Lipinski definition) is 1. The van der Waals surface area contributed by atoms with E-state index in [1.807, 2.05) is 0 Å². The Morgan fingerprint density at radius 2 is 2.00 bits per heavy atom. The summed E-state index contributed by atoms with van der Waals surface area (Å²) in [6.07, 6.45) is 2.17. The molecule has 3 nitrogen and oxygen atoms in total. The van der Waals surface area contributed by atoms with Crippen LogP contribution in [0.4, 0.5) is 0 Å². The van der Waals surface area contributed by atoms with E-state index in [0.717, 1.165) is 12.8 Å². The van der Waals surface area contributed by atoms with Crippen LogP contribution in [0.1, 0.15) is 33.6 Å². The second-order valence-electron chi connectivity index (χ2n) is 4.08. The van der Waals surface area contributed by atoms with E-state index in [1.54, 1.807) is 7.11 Å². The van der Waals surface area contributed by atoms with Crippen LogP contribution >= 0.6 is 0 Å². The molecule has 14 heavy (non-hydrogen) atoms. The van der Waals surface area contributed by atoms with Crippen LogP contribution in [0.25, 0.3) is 0 Å². The summed E-state index contributed by atoms with van der Waals surface area (Å²) in [4.78, 5) is 2.36. The van der Waals surface area contributed by atoms with Crippen molar-refractivity contribution in [3.05, 3.63) is 0 Å². The molecule has 0 aliphatic rings. The van der Waals surface area contributed by atoms with Gasteiger partial charge in [-0.1, -0.05) is 13.8 Å². The van der Waals surface area contributed by atoms with Crippen LogP contribution in [0.15, 0.2) is 0 Å². The first-order chi connectivity index (χ1) is 6.57. The molecular weight excluding hydrogens is 176 g/mol. The average molecular weight is 202 g/mol. The Morgan fingerprint density at radius 1 is 1.43 bits per heavy atom. The molecule has 0 aromatic rings. The molecule has 0 aliphatic carbocycles. The van der Waals surface area contributed by atoms with Crippen LogP contribution in [0.2, 0.25) is 0 Å². The largest absolute Gasteiger partial charge is 0.383 e. The second kappa shape index (κ2) is 6.38. The highest BCUT2D eigenvalue weighted by molar-refractivity contribution is 4.91. The van der Waals surface area contributed by atoms with Crippen molar-refractivity contribution in [1.82, 2.24) is 4.90 Å². The maximum absolute atomic E-state index is 5.88. The zero-order valence-electron chi connectivity index (χ0n) is 10.3. The molecule has 0 aromatic heterocycles. The van der Waals surface area contributed by atoms with E-state index in [1.165, 1.54) is 0 Å². The van der Waals surface area contributed by atoms with Gasteiger partial charge in [-0.2, -0.15) is 0 Å². The second-order valence-corrected chi connectivity index (χ2v) is 4.08. The number of likely N-dealkylation sites (N-methyl/N-ethyl adjacent to an activating group) is 1. The van der Waals surface area contributed by atoms with Crippen molar-refractivity contribution in [3.8, 4) is 0 Å². The molecule has 0 saturated heterocycles. The van der Waals surface area contributed by atoms with Crippen molar-refractivity contribution in [1.29, 1.82) is 0 Å². The van der Waals surface area contributed by atoms with Gasteiger partial charge >= 0.3 is 0 Å². The Hall–Kier alpha value is -0.120. The third-order valence-corrected chi connectivity index (χ3v) is 3.45. The highest BCUT2D eigenvalue weighted by Gasteiger charge is 2.33. The molecule has 0 aliphatic heterocycles. The Kier molecular flexibility index (Phi) is 6.33. The first-order valence-corrected chi connectivity index (χ1v) is 5.49. The van der Waals surface area contributed by atoms with E-state index < -0.39 is 0 Å². The van der Waals surface area contributed by atoms with E-state index >= 15 is 0 Å². The lowest BCUT2D eigenvalue weighted by molar-refractivity contribution is 0.00604. The molecule has 0 spiro atoms. The van der Waals surface area contributed by atoms with E-state index in [2.05, 4.69) is 32.7 Å². The zero-order valence-corrected chi connectivity index (χ0v) is 10.3. The van der Waals surface area contributed by atoms with Crippen LogP contribution in [0.5, 0.6) is 0 Å². The molecular formula is C11H26N2O. The topological polar surface area (TPSA) is 38.5 Å². The number of nitrogens with two attached hydrogens (primary N) is 1. The Labute approximate surface area is 88.6 Å². The van der Waals surface area contributed by atoms with Crippen LogP contribution < -0.4 is 5.73 Å². The molecule has 3 heteroatoms. The van der Waals surface area contributed by atoms with Gasteiger partial charge < -0.3 is 10.5 Å². The van der Waals surface area contributed by atoms with Crippen molar-refractivity contribution in [3.63, 3.8) is 0 Å². The van der Waals surface area contributed by atoms with Crippen LogP contribution in [-0.2, 0) is 4.74 Å². The van der Waals surface area contributed by atoms with Gasteiger partial charge in [0.25, 0.3) is 0 Å². The van der Waals surface area contributed by atoms with Gasteiger partial charge in [-0.3, -0.25) is 4.90 Å². The summed E-state index contributed by atoms with van der Waals surface area (Å²) in [5, 5.41) is 0. The lowest BCUT2D eigenvalue weighted by atomic mass is 9.93. The monoisotopic (exact) mass is 202 g/mol. The molecule has 0 rings (SSSR count). The molecule has 2 atom stereocenters. The Balaban J connectivity index is 4.59. The van der Waals surface area contributed by atoms with Crippen molar-refractivity contribution in [2.75, 3.05) is 27.3 Å². The fraction of sp³-hybridized carbons (Fsp3) is 1.00. The predicted molar refractivity (Wildman–Crippen MR) is 61.5 cm³/mol. The smallest absolute Gasteiger partial charge is 0.0658 e. The Morgan fingerprint density at radius 3 is 2.29 bits per heavy atom. The van der Waals surface area contributed by atoms with Gasteiger partial charge in [0.1, 0.15) is 0 Å². The van der Waals surface area contributed by atoms with Crippen LogP contribution in [-0.4, -0.2) is 43.8 Å². The van der Waals surface area contributed by atoms with Gasteiger partial charge in [0.15, 0.2) is 0 Å². The summed E-state index contributed by atoms with van der Waals surface area (Å²) in [5.74, 6) is 0. The van der Waals surface area contributed by atoms with E-state index in [9.17, 15) is 0 Å². The third-order valence-electron chi connectivity index (χ3n) is 3.45. The maximum Gasteiger partial charge on any atom is 0.0658 e. The number of methoxy groups -OCH3 is 1. The van der Waals surface area contributed by atoms with E-state index in [-0.39, 0.29) is 5.54 Å². The standard InChI is InChI=1S/C11H26N2O/c1-6-10(3)13(4)11(7-2,8-12)9-14-5/h10H,6-9,12H2,1-5H3. The van der Waals surface area contributed by atoms with Gasteiger partial charge in [0.2, 0.25) is 0 Å². The number of ether oxygens (including phenoxy) is 1. The Bertz CT molecular complexity index is 146. The first-order valence-electron chi connectivity index (χ1n) is 5.49. The fourth-order valence-corrected chi connectivity index (χ4v) is 1.81. The molecule has 2 unspecified atom stereocenters. The number of nitrogens with zero attached hydrogens (tertiary/aromatic N) is 1. The molecule has 0 aromatic carbocycles. The summed E-state index contributed by atoms with van der Waals surface area (Å²) < 4.78 is 5.28. The van der Waals surface area contributed by atoms with Gasteiger partial charge in [0.05, 0.1) is 12.1 Å². The zero-order chi connectivity index (χ0) is 11.2. The van der Waals surface area contributed by atoms with Crippen molar-refractivity contribution < 1.29 is 4.74 Å². The highest BCUT2D eigenvalue weighted by atomic mass is 16.5. The molecule has 0 amide bonds. The first kappa shape index (κ1) is 13.9. The lowest BCUT2D eigenvalue weighted by Gasteiger charge is -2.43. The summed E-state index contributed by atoms with van der Waals surface area (Å²) >= 11 is 0. The highest BCUT2D eigenvalue weighted by Crippen LogP contribution is 2.21. The van der Waals surface area contributed by atoms with Crippen molar-refractivity contribution in [2.24, 2.45) is 5.73 Å². The molecule has 0 radical (unpaired) electrons. The van der Waals surface area contributed by atoms with Crippen molar-refractivity contribution >= 4 is 0 Å². The van der Waals surface area contributed by atoms with Gasteiger partial charge in [-0.15, -0.1) is 0 Å². The number of rotatable bonds is 7. The molecule has 0 bridgehead atoms. The minimum Gasteiger partial charge on any atom is -0.383 e. The minimum atomic E-state index is 0.00414. The lowest BCUT2D eigenvalue weighted by Crippen LogP contribution is -2.57. The average Bonchev–Trinajstić information content (AvgIpc) is 2.24. The molecule has 86 valence electrons. The van der Waals surface area contributed by atoms with E-state index in [0.29, 0.717) is 19.2 Å². The predicted octanol–water partition coefficient (Wildman–Crippen LogP) is 1.47. The SMILES string of the molecule is CCC(C)N(C)C(CC)(CN)COC. The normalized spacial score (nSPS) is 18.2. The molecule has 0 fully saturated rings. The summed E-state index contributed by atoms with van der Waals surface area (Å²) in [5.41, 5.74) is 5.88.